The topological polar surface area (TPSA) is 12.0 Å². The van der Waals surface area contributed by atoms with Gasteiger partial charge >= 0.3 is 0 Å². The van der Waals surface area contributed by atoms with Crippen molar-refractivity contribution < 1.29 is 0 Å². The van der Waals surface area contributed by atoms with Gasteiger partial charge in [0, 0.05) is 11.4 Å². The average Bonchev–Trinajstić information content (AvgIpc) is 2.62. The van der Waals surface area contributed by atoms with Crippen LogP contribution < -0.4 is 5.32 Å². The largest absolute Gasteiger partial charge is 0.306 e. The van der Waals surface area contributed by atoms with E-state index in [2.05, 4.69) is 16.8 Å². The van der Waals surface area contributed by atoms with Crippen molar-refractivity contribution in [2.45, 2.75) is 50.5 Å². The molecule has 0 unspecified atom stereocenters. The molecule has 2 aliphatic rings. The Kier molecular flexibility index (Phi) is 2.57. The lowest BCUT2D eigenvalue weighted by Gasteiger charge is -2.38. The predicted molar refractivity (Wildman–Crippen MR) is 65.4 cm³/mol. The zero-order valence-corrected chi connectivity index (χ0v) is 10.0. The summed E-state index contributed by atoms with van der Waals surface area (Å²) in [5.74, 6) is 0. The van der Waals surface area contributed by atoms with E-state index in [-0.39, 0.29) is 0 Å². The molecular weight excluding hydrogens is 202 g/mol. The fraction of sp³-hybridized carbons (Fsp3) is 0.692. The van der Waals surface area contributed by atoms with E-state index >= 15 is 0 Å². The first-order valence-electron chi connectivity index (χ1n) is 6.23. The molecule has 1 fully saturated rings. The molecule has 1 nitrogen and oxygen atoms in total. The molecule has 15 heavy (non-hydrogen) atoms. The van der Waals surface area contributed by atoms with E-state index in [1.54, 1.807) is 10.4 Å². The van der Waals surface area contributed by atoms with Crippen molar-refractivity contribution in [2.24, 2.45) is 0 Å². The lowest BCUT2D eigenvalue weighted by atomic mass is 9.83. The van der Waals surface area contributed by atoms with Crippen LogP contribution in [0.15, 0.2) is 11.4 Å². The molecule has 1 N–H and O–H groups in total. The van der Waals surface area contributed by atoms with Crippen molar-refractivity contribution in [3.05, 3.63) is 21.9 Å². The van der Waals surface area contributed by atoms with Gasteiger partial charge in [0.15, 0.2) is 0 Å². The molecule has 1 spiro atoms. The van der Waals surface area contributed by atoms with Gasteiger partial charge in [-0.3, -0.25) is 0 Å². The number of hydrogen-bond donors (Lipinski definition) is 1. The van der Waals surface area contributed by atoms with E-state index in [4.69, 9.17) is 0 Å². The van der Waals surface area contributed by atoms with E-state index in [9.17, 15) is 0 Å². The van der Waals surface area contributed by atoms with Crippen LogP contribution in [0.25, 0.3) is 0 Å². The summed E-state index contributed by atoms with van der Waals surface area (Å²) in [6, 6.07) is 2.34. The molecule has 1 aliphatic carbocycles. The molecule has 1 aromatic heterocycles. The van der Waals surface area contributed by atoms with Crippen LogP contribution in [-0.2, 0) is 12.0 Å². The van der Waals surface area contributed by atoms with Crippen LogP contribution in [0.3, 0.4) is 0 Å². The number of rotatable bonds is 0. The molecular formula is C13H19NS. The van der Waals surface area contributed by atoms with Crippen molar-refractivity contribution in [3.63, 3.8) is 0 Å². The van der Waals surface area contributed by atoms with Crippen LogP contribution in [0.5, 0.6) is 0 Å². The van der Waals surface area contributed by atoms with Crippen molar-refractivity contribution >= 4 is 11.3 Å². The molecule has 0 amide bonds. The van der Waals surface area contributed by atoms with Crippen molar-refractivity contribution in [1.29, 1.82) is 0 Å². The maximum Gasteiger partial charge on any atom is 0.0531 e. The second-order valence-corrected chi connectivity index (χ2v) is 5.86. The van der Waals surface area contributed by atoms with Gasteiger partial charge in [0.2, 0.25) is 0 Å². The molecule has 2 heterocycles. The zero-order chi connectivity index (χ0) is 10.1. The van der Waals surface area contributed by atoms with Crippen molar-refractivity contribution in [2.75, 3.05) is 6.54 Å². The van der Waals surface area contributed by atoms with Crippen LogP contribution in [0.4, 0.5) is 0 Å². The van der Waals surface area contributed by atoms with Crippen LogP contribution in [0.2, 0.25) is 0 Å². The van der Waals surface area contributed by atoms with Crippen molar-refractivity contribution in [3.8, 4) is 0 Å². The molecule has 0 atom stereocenters. The van der Waals surface area contributed by atoms with Crippen LogP contribution >= 0.6 is 11.3 Å². The van der Waals surface area contributed by atoms with Gasteiger partial charge in [0.05, 0.1) is 5.54 Å². The van der Waals surface area contributed by atoms with Gasteiger partial charge in [0.1, 0.15) is 0 Å². The smallest absolute Gasteiger partial charge is 0.0531 e. The summed E-state index contributed by atoms with van der Waals surface area (Å²) < 4.78 is 0. The van der Waals surface area contributed by atoms with Crippen molar-refractivity contribution in [1.82, 2.24) is 5.32 Å². The summed E-state index contributed by atoms with van der Waals surface area (Å²) >= 11 is 1.98. The summed E-state index contributed by atoms with van der Waals surface area (Å²) in [6.45, 7) is 1.18. The first-order chi connectivity index (χ1) is 7.41. The zero-order valence-electron chi connectivity index (χ0n) is 9.22. The maximum atomic E-state index is 3.83. The molecule has 0 saturated heterocycles. The molecule has 2 heteroatoms. The maximum absolute atomic E-state index is 3.83. The average molecular weight is 221 g/mol. The highest BCUT2D eigenvalue weighted by molar-refractivity contribution is 7.10. The number of hydrogen-bond acceptors (Lipinski definition) is 2. The number of thiophene rings is 1. The van der Waals surface area contributed by atoms with E-state index in [1.165, 1.54) is 51.5 Å². The third-order valence-corrected chi connectivity index (χ3v) is 5.16. The van der Waals surface area contributed by atoms with E-state index in [1.807, 2.05) is 11.3 Å². The molecule has 3 rings (SSSR count). The van der Waals surface area contributed by atoms with Gasteiger partial charge in [-0.1, -0.05) is 25.7 Å². The third-order valence-electron chi connectivity index (χ3n) is 4.00. The highest BCUT2D eigenvalue weighted by atomic mass is 32.1. The normalized spacial score (nSPS) is 24.8. The van der Waals surface area contributed by atoms with Crippen LogP contribution in [0.1, 0.15) is 49.0 Å². The van der Waals surface area contributed by atoms with Gasteiger partial charge < -0.3 is 5.32 Å². The lowest BCUT2D eigenvalue weighted by Crippen LogP contribution is -2.46. The minimum atomic E-state index is 0.373. The summed E-state index contributed by atoms with van der Waals surface area (Å²) in [5, 5.41) is 6.11. The van der Waals surface area contributed by atoms with Gasteiger partial charge in [-0.25, -0.2) is 0 Å². The SMILES string of the molecule is c1cc2c(s1)C1(CCCCCC1)NCC2. The van der Waals surface area contributed by atoms with Gasteiger partial charge in [-0.15, -0.1) is 11.3 Å². The van der Waals surface area contributed by atoms with E-state index in [0.29, 0.717) is 5.54 Å². The van der Waals surface area contributed by atoms with Crippen LogP contribution in [0, 0.1) is 0 Å². The lowest BCUT2D eigenvalue weighted by molar-refractivity contribution is 0.283. The van der Waals surface area contributed by atoms with Gasteiger partial charge in [-0.2, -0.15) is 0 Å². The highest BCUT2D eigenvalue weighted by Crippen LogP contribution is 2.42. The fourth-order valence-electron chi connectivity index (χ4n) is 3.21. The molecule has 1 aromatic rings. The molecule has 0 aromatic carbocycles. The Morgan fingerprint density at radius 2 is 1.93 bits per heavy atom. The molecule has 1 aliphatic heterocycles. The first kappa shape index (κ1) is 9.86. The Balaban J connectivity index is 1.98. The summed E-state index contributed by atoms with van der Waals surface area (Å²) in [4.78, 5) is 1.66. The Morgan fingerprint density at radius 1 is 1.13 bits per heavy atom. The summed E-state index contributed by atoms with van der Waals surface area (Å²) in [6.07, 6.45) is 9.64. The second kappa shape index (κ2) is 3.91. The quantitative estimate of drug-likeness (QED) is 0.707. The standard InChI is InChI=1S/C13H19NS/c1-2-4-8-13(7-3-1)12-11(5-9-14-13)6-10-15-12/h6,10,14H,1-5,7-9H2. The number of fused-ring (bicyclic) bond motifs is 2. The Morgan fingerprint density at radius 3 is 2.73 bits per heavy atom. The van der Waals surface area contributed by atoms with Crippen LogP contribution in [-0.4, -0.2) is 6.54 Å². The fourth-order valence-corrected chi connectivity index (χ4v) is 4.40. The van der Waals surface area contributed by atoms with Gasteiger partial charge in [-0.05, 0) is 36.3 Å². The highest BCUT2D eigenvalue weighted by Gasteiger charge is 2.37. The Bertz CT molecular complexity index is 334. The van der Waals surface area contributed by atoms with E-state index < -0.39 is 0 Å². The molecule has 1 saturated carbocycles. The second-order valence-electron chi connectivity index (χ2n) is 4.95. The third kappa shape index (κ3) is 1.64. The minimum Gasteiger partial charge on any atom is -0.306 e. The Labute approximate surface area is 95.9 Å². The number of nitrogens with one attached hydrogen (secondary N) is 1. The molecule has 0 bridgehead atoms. The summed E-state index contributed by atoms with van der Waals surface area (Å²) in [7, 11) is 0. The summed E-state index contributed by atoms with van der Waals surface area (Å²) in [5.41, 5.74) is 2.00. The predicted octanol–water partition coefficient (Wildman–Crippen LogP) is 3.44. The first-order valence-corrected chi connectivity index (χ1v) is 7.11. The van der Waals surface area contributed by atoms with E-state index in [0.717, 1.165) is 0 Å². The monoisotopic (exact) mass is 221 g/mol. The van der Waals surface area contributed by atoms with Gasteiger partial charge in [0.25, 0.3) is 0 Å². The minimum absolute atomic E-state index is 0.373. The Hall–Kier alpha value is -0.340. The molecule has 0 radical (unpaired) electrons. The molecule has 82 valence electrons.